The van der Waals surface area contributed by atoms with Crippen LogP contribution in [0.15, 0.2) is 35.5 Å². The normalized spacial score (nSPS) is 10.4. The van der Waals surface area contributed by atoms with E-state index in [4.69, 9.17) is 0 Å². The number of hydrogen-bond acceptors (Lipinski definition) is 5. The number of hydrogen-bond donors (Lipinski definition) is 1. The summed E-state index contributed by atoms with van der Waals surface area (Å²) in [5.41, 5.74) is 0.985. The first kappa shape index (κ1) is 15.4. The zero-order chi connectivity index (χ0) is 15.4. The standard InChI is InChI=1S/C13H13IN4O3/c1-2-16-11-4-3-9(5-12(11)18(20)21)7-17-8-15-6-10(14)13(17)19/h3-6,8,16H,2,7H2,1H3. The van der Waals surface area contributed by atoms with E-state index < -0.39 is 4.92 Å². The fraction of sp³-hybridized carbons (Fsp3) is 0.231. The molecule has 0 spiro atoms. The molecule has 1 heterocycles. The van der Waals surface area contributed by atoms with Gasteiger partial charge in [0.25, 0.3) is 11.2 Å². The maximum atomic E-state index is 11.9. The predicted octanol–water partition coefficient (Wildman–Crippen LogP) is 2.24. The zero-order valence-corrected chi connectivity index (χ0v) is 13.4. The summed E-state index contributed by atoms with van der Waals surface area (Å²) in [7, 11) is 0. The van der Waals surface area contributed by atoms with E-state index in [1.165, 1.54) is 23.2 Å². The topological polar surface area (TPSA) is 90.1 Å². The average molecular weight is 400 g/mol. The summed E-state index contributed by atoms with van der Waals surface area (Å²) >= 11 is 1.91. The molecule has 1 N–H and O–H groups in total. The Labute approximate surface area is 134 Å². The molecule has 7 nitrogen and oxygen atoms in total. The number of nitrogens with one attached hydrogen (secondary N) is 1. The van der Waals surface area contributed by atoms with Crippen LogP contribution in [0.4, 0.5) is 11.4 Å². The fourth-order valence-corrected chi connectivity index (χ4v) is 2.37. The Bertz CT molecular complexity index is 730. The van der Waals surface area contributed by atoms with E-state index in [0.717, 1.165) is 0 Å². The lowest BCUT2D eigenvalue weighted by Gasteiger charge is -2.08. The van der Waals surface area contributed by atoms with Crippen LogP contribution in [0.25, 0.3) is 0 Å². The molecule has 2 aromatic rings. The lowest BCUT2D eigenvalue weighted by atomic mass is 10.1. The van der Waals surface area contributed by atoms with Gasteiger partial charge in [0.15, 0.2) is 0 Å². The second-order valence-electron chi connectivity index (χ2n) is 4.31. The lowest BCUT2D eigenvalue weighted by Crippen LogP contribution is -2.23. The van der Waals surface area contributed by atoms with Gasteiger partial charge in [-0.25, -0.2) is 4.98 Å². The highest BCUT2D eigenvalue weighted by Crippen LogP contribution is 2.25. The van der Waals surface area contributed by atoms with Crippen molar-refractivity contribution in [3.63, 3.8) is 0 Å². The SMILES string of the molecule is CCNc1ccc(Cn2cncc(I)c2=O)cc1[N+](=O)[O-]. The summed E-state index contributed by atoms with van der Waals surface area (Å²) in [5, 5.41) is 14.1. The first-order chi connectivity index (χ1) is 10.0. The third-order valence-electron chi connectivity index (χ3n) is 2.84. The third-order valence-corrected chi connectivity index (χ3v) is 3.58. The molecule has 0 unspecified atom stereocenters. The van der Waals surface area contributed by atoms with Crippen LogP contribution in [-0.2, 0) is 6.54 Å². The molecule has 0 aliphatic heterocycles. The Morgan fingerprint density at radius 1 is 1.48 bits per heavy atom. The molecule has 0 aliphatic rings. The van der Waals surface area contributed by atoms with Crippen LogP contribution in [0.3, 0.4) is 0 Å². The van der Waals surface area contributed by atoms with Gasteiger partial charge in [-0.1, -0.05) is 6.07 Å². The van der Waals surface area contributed by atoms with Gasteiger partial charge in [-0.15, -0.1) is 0 Å². The van der Waals surface area contributed by atoms with Crippen molar-refractivity contribution < 1.29 is 4.92 Å². The number of aromatic nitrogens is 2. The van der Waals surface area contributed by atoms with Crippen LogP contribution in [0.5, 0.6) is 0 Å². The minimum absolute atomic E-state index is 0.000913. The molecule has 0 saturated carbocycles. The second-order valence-corrected chi connectivity index (χ2v) is 5.48. The van der Waals surface area contributed by atoms with Gasteiger partial charge < -0.3 is 5.32 Å². The van der Waals surface area contributed by atoms with Gasteiger partial charge in [0, 0.05) is 18.8 Å². The smallest absolute Gasteiger partial charge is 0.292 e. The molecule has 1 aromatic heterocycles. The summed E-state index contributed by atoms with van der Waals surface area (Å²) in [6.07, 6.45) is 2.91. The number of anilines is 1. The van der Waals surface area contributed by atoms with Crippen LogP contribution < -0.4 is 10.9 Å². The van der Waals surface area contributed by atoms with E-state index in [2.05, 4.69) is 10.3 Å². The Morgan fingerprint density at radius 2 is 2.24 bits per heavy atom. The van der Waals surface area contributed by atoms with E-state index in [1.807, 2.05) is 29.5 Å². The molecular formula is C13H13IN4O3. The van der Waals surface area contributed by atoms with Gasteiger partial charge in [-0.05, 0) is 41.1 Å². The van der Waals surface area contributed by atoms with Gasteiger partial charge in [0.2, 0.25) is 0 Å². The highest BCUT2D eigenvalue weighted by Gasteiger charge is 2.14. The van der Waals surface area contributed by atoms with E-state index in [1.54, 1.807) is 12.1 Å². The molecule has 0 bridgehead atoms. The van der Waals surface area contributed by atoms with E-state index in [9.17, 15) is 14.9 Å². The molecule has 21 heavy (non-hydrogen) atoms. The Hall–Kier alpha value is -1.97. The summed E-state index contributed by atoms with van der Waals surface area (Å²) in [6, 6.07) is 4.89. The molecule has 110 valence electrons. The first-order valence-corrected chi connectivity index (χ1v) is 7.32. The molecular weight excluding hydrogens is 387 g/mol. The maximum Gasteiger partial charge on any atom is 0.292 e. The molecule has 0 saturated heterocycles. The van der Waals surface area contributed by atoms with E-state index in [0.29, 0.717) is 21.4 Å². The van der Waals surface area contributed by atoms with Crippen molar-refractivity contribution in [2.75, 3.05) is 11.9 Å². The highest BCUT2D eigenvalue weighted by molar-refractivity contribution is 14.1. The van der Waals surface area contributed by atoms with E-state index >= 15 is 0 Å². The van der Waals surface area contributed by atoms with Crippen molar-refractivity contribution in [2.45, 2.75) is 13.5 Å². The van der Waals surface area contributed by atoms with Gasteiger partial charge in [-0.2, -0.15) is 0 Å². The fourth-order valence-electron chi connectivity index (χ4n) is 1.90. The first-order valence-electron chi connectivity index (χ1n) is 6.24. The second kappa shape index (κ2) is 6.66. The Morgan fingerprint density at radius 3 is 2.90 bits per heavy atom. The molecule has 8 heteroatoms. The van der Waals surface area contributed by atoms with Crippen molar-refractivity contribution in [3.05, 3.63) is 60.3 Å². The van der Waals surface area contributed by atoms with Crippen LogP contribution in [0, 0.1) is 13.7 Å². The highest BCUT2D eigenvalue weighted by atomic mass is 127. The Balaban J connectivity index is 2.37. The van der Waals surface area contributed by atoms with Gasteiger partial charge in [0.1, 0.15) is 5.69 Å². The summed E-state index contributed by atoms with van der Waals surface area (Å²) < 4.78 is 1.93. The van der Waals surface area contributed by atoms with Gasteiger partial charge >= 0.3 is 0 Å². The predicted molar refractivity (Wildman–Crippen MR) is 87.6 cm³/mol. The number of benzene rings is 1. The monoisotopic (exact) mass is 400 g/mol. The van der Waals surface area contributed by atoms with Gasteiger partial charge in [-0.3, -0.25) is 19.5 Å². The molecule has 0 atom stereocenters. The number of nitro benzene ring substituents is 1. The average Bonchev–Trinajstić information content (AvgIpc) is 2.45. The van der Waals surface area contributed by atoms with Crippen LogP contribution >= 0.6 is 22.6 Å². The van der Waals surface area contributed by atoms with Crippen molar-refractivity contribution in [1.82, 2.24) is 9.55 Å². The molecule has 0 fully saturated rings. The van der Waals surface area contributed by atoms with Crippen LogP contribution in [0.2, 0.25) is 0 Å². The molecule has 0 amide bonds. The zero-order valence-electron chi connectivity index (χ0n) is 11.2. The molecule has 1 aromatic carbocycles. The molecule has 2 rings (SSSR count). The van der Waals surface area contributed by atoms with E-state index in [-0.39, 0.29) is 17.8 Å². The summed E-state index contributed by atoms with van der Waals surface area (Å²) in [5.74, 6) is 0. The summed E-state index contributed by atoms with van der Waals surface area (Å²) in [4.78, 5) is 26.6. The maximum absolute atomic E-state index is 11.9. The quantitative estimate of drug-likeness (QED) is 0.473. The number of nitrogens with zero attached hydrogens (tertiary/aromatic N) is 3. The van der Waals surface area contributed by atoms with Crippen molar-refractivity contribution in [2.24, 2.45) is 0 Å². The van der Waals surface area contributed by atoms with Crippen LogP contribution in [-0.4, -0.2) is 21.0 Å². The summed E-state index contributed by atoms with van der Waals surface area (Å²) in [6.45, 7) is 2.71. The minimum Gasteiger partial charge on any atom is -0.380 e. The van der Waals surface area contributed by atoms with Crippen molar-refractivity contribution >= 4 is 34.0 Å². The number of nitro groups is 1. The van der Waals surface area contributed by atoms with Crippen molar-refractivity contribution in [3.8, 4) is 0 Å². The number of halogens is 1. The lowest BCUT2D eigenvalue weighted by molar-refractivity contribution is -0.384. The number of rotatable bonds is 5. The Kier molecular flexibility index (Phi) is 4.89. The van der Waals surface area contributed by atoms with Crippen LogP contribution in [0.1, 0.15) is 12.5 Å². The largest absolute Gasteiger partial charge is 0.380 e. The van der Waals surface area contributed by atoms with Crippen molar-refractivity contribution in [1.29, 1.82) is 0 Å². The molecule has 0 aliphatic carbocycles. The minimum atomic E-state index is -0.433. The molecule has 0 radical (unpaired) electrons. The van der Waals surface area contributed by atoms with Gasteiger partial charge in [0.05, 0.1) is 21.4 Å². The third kappa shape index (κ3) is 3.57.